The van der Waals surface area contributed by atoms with Crippen LogP contribution in [0.15, 0.2) is 12.5 Å². The summed E-state index contributed by atoms with van der Waals surface area (Å²) in [6, 6.07) is 0.649. The number of H-pyrrole nitrogens is 1. The number of hydrogen-bond donors (Lipinski definition) is 2. The van der Waals surface area contributed by atoms with Gasteiger partial charge < -0.3 is 24.4 Å². The molecule has 2 aromatic heterocycles. The first-order chi connectivity index (χ1) is 18.1. The maximum atomic E-state index is 13.9. The molecule has 2 N–H and O–H groups in total. The molecule has 5 rings (SSSR count). The fraction of sp³-hybridized carbons (Fsp3) is 0.704. The Morgan fingerprint density at radius 3 is 2.61 bits per heavy atom. The van der Waals surface area contributed by atoms with Crippen molar-refractivity contribution in [2.45, 2.75) is 84.6 Å². The maximum Gasteiger partial charge on any atom is 0.321 e. The van der Waals surface area contributed by atoms with Gasteiger partial charge >= 0.3 is 6.03 Å². The number of piperazine rings is 1. The predicted molar refractivity (Wildman–Crippen MR) is 144 cm³/mol. The maximum absolute atomic E-state index is 13.9. The highest BCUT2D eigenvalue weighted by Gasteiger charge is 2.47. The van der Waals surface area contributed by atoms with Crippen LogP contribution in [-0.2, 0) is 16.8 Å². The number of urea groups is 1. The molecule has 2 atom stereocenters. The van der Waals surface area contributed by atoms with Crippen molar-refractivity contribution in [3.05, 3.63) is 29.5 Å². The monoisotopic (exact) mass is 526 g/mol. The molecule has 3 amide bonds. The van der Waals surface area contributed by atoms with Crippen LogP contribution >= 0.6 is 0 Å². The number of hydrogen-bond acceptors (Lipinski definition) is 6. The van der Waals surface area contributed by atoms with E-state index in [0.717, 1.165) is 50.4 Å². The fourth-order valence-corrected chi connectivity index (χ4v) is 5.97. The van der Waals surface area contributed by atoms with Crippen LogP contribution in [0.4, 0.5) is 10.6 Å². The van der Waals surface area contributed by atoms with Gasteiger partial charge in [-0.1, -0.05) is 0 Å². The first-order valence-electron chi connectivity index (χ1n) is 13.9. The van der Waals surface area contributed by atoms with Gasteiger partial charge in [-0.3, -0.25) is 14.8 Å². The van der Waals surface area contributed by atoms with Crippen molar-refractivity contribution in [3.8, 4) is 0 Å². The molecule has 3 aliphatic heterocycles. The number of nitrogens with zero attached hydrogens (tertiary/aromatic N) is 6. The van der Waals surface area contributed by atoms with Gasteiger partial charge in [0, 0.05) is 62.7 Å². The topological polar surface area (TPSA) is 112 Å². The average molecular weight is 527 g/mol. The molecule has 0 unspecified atom stereocenters. The molecule has 0 spiro atoms. The molecule has 2 aromatic rings. The number of ether oxygens (including phenoxy) is 1. The molecule has 0 aromatic carbocycles. The van der Waals surface area contributed by atoms with Crippen molar-refractivity contribution in [1.82, 2.24) is 34.4 Å². The van der Waals surface area contributed by atoms with Gasteiger partial charge in [-0.25, -0.2) is 9.78 Å². The van der Waals surface area contributed by atoms with E-state index in [-0.39, 0.29) is 24.0 Å². The molecule has 0 radical (unpaired) electrons. The lowest BCUT2D eigenvalue weighted by Gasteiger charge is -2.47. The number of aromatic nitrogens is 4. The second-order valence-electron chi connectivity index (χ2n) is 12.0. The third-order valence-electron chi connectivity index (χ3n) is 8.56. The van der Waals surface area contributed by atoms with E-state index in [1.54, 1.807) is 12.5 Å². The van der Waals surface area contributed by atoms with Crippen LogP contribution in [-0.4, -0.2) is 91.3 Å². The molecular weight excluding hydrogens is 484 g/mol. The third kappa shape index (κ3) is 4.93. The molecule has 2 saturated heterocycles. The second-order valence-corrected chi connectivity index (χ2v) is 12.0. The first-order valence-corrected chi connectivity index (χ1v) is 13.9. The van der Waals surface area contributed by atoms with E-state index in [9.17, 15) is 9.59 Å². The van der Waals surface area contributed by atoms with Crippen LogP contribution in [0.2, 0.25) is 0 Å². The van der Waals surface area contributed by atoms with Crippen molar-refractivity contribution in [1.29, 1.82) is 0 Å². The molecule has 5 heterocycles. The minimum Gasteiger partial charge on any atom is -0.381 e. The van der Waals surface area contributed by atoms with Crippen LogP contribution in [0.5, 0.6) is 0 Å². The summed E-state index contributed by atoms with van der Waals surface area (Å²) in [5.74, 6) is 0.808. The number of nitrogens with one attached hydrogen (secondary N) is 2. The Labute approximate surface area is 224 Å². The summed E-state index contributed by atoms with van der Waals surface area (Å²) in [6.07, 6.45) is 5.62. The number of amides is 3. The predicted octanol–water partition coefficient (Wildman–Crippen LogP) is 3.43. The molecule has 11 nitrogen and oxygen atoms in total. The third-order valence-corrected chi connectivity index (χ3v) is 8.56. The molecule has 0 saturated carbocycles. The Hall–Kier alpha value is -2.92. The summed E-state index contributed by atoms with van der Waals surface area (Å²) >= 11 is 0. The number of carbonyl (C=O) groups excluding carboxylic acids is 2. The van der Waals surface area contributed by atoms with Gasteiger partial charge in [0.2, 0.25) is 0 Å². The normalized spacial score (nSPS) is 24.2. The lowest BCUT2D eigenvalue weighted by Crippen LogP contribution is -2.62. The minimum atomic E-state index is -0.580. The van der Waals surface area contributed by atoms with E-state index in [0.29, 0.717) is 36.6 Å². The molecule has 0 bridgehead atoms. The number of fused-ring (bicyclic) bond motifs is 1. The molecule has 38 heavy (non-hydrogen) atoms. The van der Waals surface area contributed by atoms with Crippen molar-refractivity contribution < 1.29 is 14.3 Å². The number of aromatic amines is 1. The molecule has 11 heteroatoms. The quantitative estimate of drug-likeness (QED) is 0.618. The smallest absolute Gasteiger partial charge is 0.321 e. The Bertz CT molecular complexity index is 1160. The van der Waals surface area contributed by atoms with E-state index in [1.807, 2.05) is 42.1 Å². The van der Waals surface area contributed by atoms with E-state index in [2.05, 4.69) is 39.2 Å². The Balaban J connectivity index is 1.26. The highest BCUT2D eigenvalue weighted by atomic mass is 16.5. The number of carbonyl (C=O) groups is 2. The van der Waals surface area contributed by atoms with Gasteiger partial charge in [-0.15, -0.1) is 0 Å². The van der Waals surface area contributed by atoms with E-state index in [1.165, 1.54) is 0 Å². The molecule has 3 aliphatic rings. The van der Waals surface area contributed by atoms with Crippen LogP contribution in [0.1, 0.15) is 82.2 Å². The van der Waals surface area contributed by atoms with Gasteiger partial charge in [0.25, 0.3) is 5.91 Å². The van der Waals surface area contributed by atoms with Crippen molar-refractivity contribution in [2.24, 2.45) is 5.92 Å². The average Bonchev–Trinajstić information content (AvgIpc) is 3.58. The summed E-state index contributed by atoms with van der Waals surface area (Å²) in [5, 5.41) is 10.4. The largest absolute Gasteiger partial charge is 0.381 e. The van der Waals surface area contributed by atoms with Crippen LogP contribution in [0.3, 0.4) is 0 Å². The SMILES string of the molecule is CC(C)n1cnc(C(=O)Nc2n[nH]c3c2CN(C(=O)N2C[C@@H](C)N(CC4CCOCC4)C[C@@H]2C)C3(C)C)c1. The van der Waals surface area contributed by atoms with Gasteiger partial charge in [0.1, 0.15) is 5.69 Å². The lowest BCUT2D eigenvalue weighted by atomic mass is 9.97. The van der Waals surface area contributed by atoms with E-state index < -0.39 is 5.54 Å². The Kier molecular flexibility index (Phi) is 7.25. The zero-order valence-electron chi connectivity index (χ0n) is 23.5. The van der Waals surface area contributed by atoms with Gasteiger partial charge in [-0.2, -0.15) is 5.10 Å². The molecule has 2 fully saturated rings. The lowest BCUT2D eigenvalue weighted by molar-refractivity contribution is 0.00882. The minimum absolute atomic E-state index is 0.0256. The highest BCUT2D eigenvalue weighted by molar-refractivity contribution is 6.02. The molecule has 208 valence electrons. The number of imidazole rings is 1. The standard InChI is InChI=1S/C27H42N8O3/c1-17(2)33-15-22(28-16-33)25(36)29-24-21-14-35(27(5,6)23(21)30-31-24)26(37)34-12-18(3)32(11-19(34)4)13-20-7-9-38-10-8-20/h15-20H,7-14H2,1-6H3,(H2,29,30,31,36)/t18-,19+/m1/s1. The summed E-state index contributed by atoms with van der Waals surface area (Å²) in [6.45, 7) is 17.2. The molecule has 0 aliphatic carbocycles. The highest BCUT2D eigenvalue weighted by Crippen LogP contribution is 2.41. The van der Waals surface area contributed by atoms with Crippen molar-refractivity contribution in [3.63, 3.8) is 0 Å². The fourth-order valence-electron chi connectivity index (χ4n) is 5.97. The van der Waals surface area contributed by atoms with Gasteiger partial charge in [-0.05, 0) is 60.3 Å². The summed E-state index contributed by atoms with van der Waals surface area (Å²) < 4.78 is 7.42. The summed E-state index contributed by atoms with van der Waals surface area (Å²) in [7, 11) is 0. The Morgan fingerprint density at radius 2 is 1.92 bits per heavy atom. The number of rotatable bonds is 5. The first kappa shape index (κ1) is 26.7. The zero-order valence-corrected chi connectivity index (χ0v) is 23.5. The summed E-state index contributed by atoms with van der Waals surface area (Å²) in [4.78, 5) is 37.5. The second kappa shape index (κ2) is 10.3. The van der Waals surface area contributed by atoms with Gasteiger partial charge in [0.05, 0.1) is 24.1 Å². The van der Waals surface area contributed by atoms with Crippen molar-refractivity contribution in [2.75, 3.05) is 38.2 Å². The molecular formula is C27H42N8O3. The van der Waals surface area contributed by atoms with E-state index >= 15 is 0 Å². The van der Waals surface area contributed by atoms with Crippen LogP contribution in [0, 0.1) is 5.92 Å². The Morgan fingerprint density at radius 1 is 1.18 bits per heavy atom. The van der Waals surface area contributed by atoms with Crippen molar-refractivity contribution >= 4 is 17.8 Å². The number of anilines is 1. The van der Waals surface area contributed by atoms with Crippen LogP contribution in [0.25, 0.3) is 0 Å². The van der Waals surface area contributed by atoms with Crippen LogP contribution < -0.4 is 5.32 Å². The van der Waals surface area contributed by atoms with Gasteiger partial charge in [0.15, 0.2) is 5.82 Å². The zero-order chi connectivity index (χ0) is 27.2. The van der Waals surface area contributed by atoms with E-state index in [4.69, 9.17) is 4.74 Å². The summed E-state index contributed by atoms with van der Waals surface area (Å²) in [5.41, 5.74) is 1.46.